The van der Waals surface area contributed by atoms with Gasteiger partial charge in [0.25, 0.3) is 0 Å². The first-order chi connectivity index (χ1) is 26.9. The van der Waals surface area contributed by atoms with Crippen molar-refractivity contribution in [3.8, 4) is 5.75 Å². The molecule has 1 fully saturated rings. The zero-order valence-electron chi connectivity index (χ0n) is 30.5. The Morgan fingerprint density at radius 2 is 1.12 bits per heavy atom. The van der Waals surface area contributed by atoms with Gasteiger partial charge in [-0.1, -0.05) is 72.8 Å². The third-order valence-electron chi connectivity index (χ3n) is 8.90. The monoisotopic (exact) mass is 789 g/mol. The molecule has 0 saturated carbocycles. The predicted octanol–water partition coefficient (Wildman–Crippen LogP) is -0.642. The Labute approximate surface area is 329 Å². The van der Waals surface area contributed by atoms with Gasteiger partial charge in [-0.15, -0.1) is 0 Å². The van der Waals surface area contributed by atoms with E-state index < -0.39 is 78.8 Å². The fourth-order valence-corrected chi connectivity index (χ4v) is 6.13. The number of hydrogen-bond donors (Lipinski definition) is 10. The van der Waals surface area contributed by atoms with E-state index >= 15 is 0 Å². The van der Waals surface area contributed by atoms with Crippen molar-refractivity contribution in [2.45, 2.75) is 62.3 Å². The summed E-state index contributed by atoms with van der Waals surface area (Å²) in [6.45, 7) is -0.479. The number of phenols is 1. The zero-order valence-corrected chi connectivity index (χ0v) is 31.4. The number of thiol groups is 1. The molecule has 1 aliphatic rings. The molecule has 0 aromatic heterocycles. The second-order valence-electron chi connectivity index (χ2n) is 13.2. The number of carboxylic acids is 1. The molecule has 1 aliphatic heterocycles. The molecule has 1 saturated heterocycles. The molecule has 17 heteroatoms. The van der Waals surface area contributed by atoms with Crippen molar-refractivity contribution in [1.82, 2.24) is 37.2 Å². The van der Waals surface area contributed by atoms with Crippen LogP contribution in [0.1, 0.15) is 29.5 Å². The average Bonchev–Trinajstić information content (AvgIpc) is 3.74. The summed E-state index contributed by atoms with van der Waals surface area (Å²) in [6.07, 6.45) is 1.54. The Morgan fingerprint density at radius 1 is 0.625 bits per heavy atom. The molecule has 0 unspecified atom stereocenters. The van der Waals surface area contributed by atoms with Crippen molar-refractivity contribution in [2.24, 2.45) is 0 Å². The van der Waals surface area contributed by atoms with E-state index in [9.17, 15) is 38.7 Å². The molecule has 1 heterocycles. The Bertz CT molecular complexity index is 1810. The Kier molecular flexibility index (Phi) is 16.7. The highest BCUT2D eigenvalue weighted by molar-refractivity contribution is 7.80. The lowest BCUT2D eigenvalue weighted by Crippen LogP contribution is -2.59. The molecule has 3 aromatic carbocycles. The van der Waals surface area contributed by atoms with Gasteiger partial charge in [-0.3, -0.25) is 28.8 Å². The number of carboxylic acid groups (broad SMARTS) is 1. The lowest BCUT2D eigenvalue weighted by atomic mass is 10.0. The number of nitrogens with one attached hydrogen (secondary N) is 7. The van der Waals surface area contributed by atoms with Crippen LogP contribution in [-0.4, -0.2) is 107 Å². The van der Waals surface area contributed by atoms with Crippen LogP contribution in [0.4, 0.5) is 0 Å². The largest absolute Gasteiger partial charge is 0.508 e. The van der Waals surface area contributed by atoms with Crippen molar-refractivity contribution in [3.63, 3.8) is 0 Å². The van der Waals surface area contributed by atoms with Gasteiger partial charge in [-0.25, -0.2) is 4.79 Å². The number of phenolic OH excluding ortho intramolecular Hbond substituents is 1. The number of hydrogen-bond acceptors (Lipinski definition) is 10. The molecular formula is C39H47N7O9S. The second kappa shape index (κ2) is 21.8. The number of carbonyl (C=O) groups excluding carboxylic acids is 6. The Balaban J connectivity index is 1.50. The van der Waals surface area contributed by atoms with Crippen molar-refractivity contribution >= 4 is 54.0 Å². The number of aliphatic carboxylic acids is 1. The normalized spacial score (nSPS) is 15.6. The molecule has 0 radical (unpaired) electrons. The summed E-state index contributed by atoms with van der Waals surface area (Å²) in [5, 5.41) is 37.3. The van der Waals surface area contributed by atoms with Gasteiger partial charge in [0.05, 0.1) is 19.1 Å². The maximum Gasteiger partial charge on any atom is 0.327 e. The standard InChI is InChI=1S/C39H47N7O9S/c47-27-15-13-26(14-16-27)20-29(35(50)42-21-33(48)41-22-34(49)43-32(23-56)39(54)55)44-37(52)31(19-25-10-5-2-6-11-25)46-38(53)30(18-24-8-3-1-4-9-24)45-36(51)28-12-7-17-40-28/h1-6,8-11,13-16,28-32,40,47,56H,7,12,17-23H2,(H,41,48)(H,42,50)(H,43,49)(H,44,52)(H,45,51)(H,46,53)(H,54,55)/t28-,29-,30-,31-,32-/m0/s1. The lowest BCUT2D eigenvalue weighted by Gasteiger charge is -2.26. The van der Waals surface area contributed by atoms with E-state index in [0.717, 1.165) is 12.0 Å². The highest BCUT2D eigenvalue weighted by Gasteiger charge is 2.32. The summed E-state index contributed by atoms with van der Waals surface area (Å²) in [4.78, 5) is 90.7. The van der Waals surface area contributed by atoms with Crippen LogP contribution >= 0.6 is 12.6 Å². The number of carbonyl (C=O) groups is 7. The van der Waals surface area contributed by atoms with Gasteiger partial charge in [-0.05, 0) is 48.2 Å². The smallest absolute Gasteiger partial charge is 0.327 e. The van der Waals surface area contributed by atoms with Gasteiger partial charge in [0.1, 0.15) is 29.9 Å². The number of rotatable bonds is 20. The van der Waals surface area contributed by atoms with E-state index in [2.05, 4.69) is 49.8 Å². The Hall–Kier alpha value is -5.94. The highest BCUT2D eigenvalue weighted by atomic mass is 32.1. The van der Waals surface area contributed by atoms with Crippen LogP contribution in [0.25, 0.3) is 0 Å². The fourth-order valence-electron chi connectivity index (χ4n) is 5.88. The quantitative estimate of drug-likeness (QED) is 0.0650. The molecule has 56 heavy (non-hydrogen) atoms. The maximum atomic E-state index is 14.1. The minimum absolute atomic E-state index is 0.0185. The van der Waals surface area contributed by atoms with E-state index in [1.807, 2.05) is 30.3 Å². The Morgan fingerprint density at radius 3 is 1.62 bits per heavy atom. The summed E-state index contributed by atoms with van der Waals surface area (Å²) >= 11 is 3.87. The topological polar surface area (TPSA) is 244 Å². The third kappa shape index (κ3) is 14.0. The van der Waals surface area contributed by atoms with E-state index in [1.165, 1.54) is 12.1 Å². The second-order valence-corrected chi connectivity index (χ2v) is 13.6. The van der Waals surface area contributed by atoms with Crippen molar-refractivity contribution in [1.29, 1.82) is 0 Å². The van der Waals surface area contributed by atoms with E-state index in [-0.39, 0.29) is 36.7 Å². The summed E-state index contributed by atoms with van der Waals surface area (Å²) in [5.41, 5.74) is 2.04. The molecule has 6 amide bonds. The molecule has 3 aromatic rings. The molecule has 0 aliphatic carbocycles. The summed E-state index contributed by atoms with van der Waals surface area (Å²) in [7, 11) is 0. The van der Waals surface area contributed by atoms with E-state index in [1.54, 1.807) is 42.5 Å². The molecular weight excluding hydrogens is 743 g/mol. The molecule has 0 bridgehead atoms. The number of amides is 6. The van der Waals surface area contributed by atoms with Crippen LogP contribution in [-0.2, 0) is 52.8 Å². The fraction of sp³-hybridized carbons (Fsp3) is 0.359. The van der Waals surface area contributed by atoms with Gasteiger partial charge < -0.3 is 47.4 Å². The first-order valence-electron chi connectivity index (χ1n) is 18.1. The molecule has 9 N–H and O–H groups in total. The van der Waals surface area contributed by atoms with Crippen LogP contribution in [0.3, 0.4) is 0 Å². The maximum absolute atomic E-state index is 14.1. The molecule has 16 nitrogen and oxygen atoms in total. The van der Waals surface area contributed by atoms with Crippen LogP contribution in [0, 0.1) is 0 Å². The average molecular weight is 790 g/mol. The van der Waals surface area contributed by atoms with Gasteiger partial charge in [0, 0.05) is 25.0 Å². The van der Waals surface area contributed by atoms with Crippen molar-refractivity contribution in [2.75, 3.05) is 25.4 Å². The van der Waals surface area contributed by atoms with Crippen LogP contribution in [0.2, 0.25) is 0 Å². The van der Waals surface area contributed by atoms with Crippen molar-refractivity contribution in [3.05, 3.63) is 102 Å². The van der Waals surface area contributed by atoms with Gasteiger partial charge in [0.2, 0.25) is 35.4 Å². The molecule has 4 rings (SSSR count). The van der Waals surface area contributed by atoms with Crippen LogP contribution in [0.15, 0.2) is 84.9 Å². The van der Waals surface area contributed by atoms with Crippen molar-refractivity contribution < 1.29 is 43.8 Å². The summed E-state index contributed by atoms with van der Waals surface area (Å²) in [6, 6.07) is 18.7. The number of aromatic hydroxyl groups is 1. The van der Waals surface area contributed by atoms with E-state index in [0.29, 0.717) is 24.1 Å². The first-order valence-corrected chi connectivity index (χ1v) is 18.7. The van der Waals surface area contributed by atoms with Crippen LogP contribution < -0.4 is 37.2 Å². The number of benzene rings is 3. The molecule has 5 atom stereocenters. The van der Waals surface area contributed by atoms with Gasteiger partial charge in [-0.2, -0.15) is 12.6 Å². The van der Waals surface area contributed by atoms with E-state index in [4.69, 9.17) is 5.11 Å². The van der Waals surface area contributed by atoms with Gasteiger partial charge in [0.15, 0.2) is 0 Å². The summed E-state index contributed by atoms with van der Waals surface area (Å²) in [5.74, 6) is -5.47. The molecule has 0 spiro atoms. The SMILES string of the molecule is O=C(CNC(=O)[C@H](Cc1ccc(O)cc1)NC(=O)[C@H](Cc1ccccc1)NC(=O)[C@H](Cc1ccccc1)NC(=O)[C@@H]1CCCN1)NCC(=O)N[C@@H](CS)C(=O)O. The minimum Gasteiger partial charge on any atom is -0.508 e. The third-order valence-corrected chi connectivity index (χ3v) is 9.27. The van der Waals surface area contributed by atoms with Gasteiger partial charge >= 0.3 is 5.97 Å². The van der Waals surface area contributed by atoms with Crippen LogP contribution in [0.5, 0.6) is 5.75 Å². The lowest BCUT2D eigenvalue weighted by molar-refractivity contribution is -0.141. The predicted molar refractivity (Wildman–Crippen MR) is 208 cm³/mol. The summed E-state index contributed by atoms with van der Waals surface area (Å²) < 4.78 is 0. The highest BCUT2D eigenvalue weighted by Crippen LogP contribution is 2.13. The molecule has 298 valence electrons. The zero-order chi connectivity index (χ0) is 40.5. The minimum atomic E-state index is -1.30. The first kappa shape index (κ1) is 42.8.